The number of carbonyl (C=O) groups is 1. The second-order valence-corrected chi connectivity index (χ2v) is 9.04. The molecule has 7 heteroatoms. The molecule has 1 N–H and O–H groups in total. The highest BCUT2D eigenvalue weighted by molar-refractivity contribution is 7.88. The van der Waals surface area contributed by atoms with Gasteiger partial charge in [-0.2, -0.15) is 0 Å². The lowest BCUT2D eigenvalue weighted by Crippen LogP contribution is -2.36. The number of nitrogens with one attached hydrogen (secondary N) is 1. The molecular weight excluding hydrogens is 348 g/mol. The third-order valence-corrected chi connectivity index (χ3v) is 6.40. The molecule has 24 heavy (non-hydrogen) atoms. The van der Waals surface area contributed by atoms with Crippen molar-refractivity contribution in [3.63, 3.8) is 0 Å². The van der Waals surface area contributed by atoms with Crippen LogP contribution in [0.5, 0.6) is 0 Å². The molecule has 1 aromatic carbocycles. The molecule has 1 aromatic rings. The first-order chi connectivity index (χ1) is 11.4. The van der Waals surface area contributed by atoms with Crippen molar-refractivity contribution >= 4 is 27.5 Å². The highest BCUT2D eigenvalue weighted by Gasteiger charge is 2.35. The first-order valence-corrected chi connectivity index (χ1v) is 10.5. The maximum absolute atomic E-state index is 12.2. The Morgan fingerprint density at radius 3 is 2.71 bits per heavy atom. The number of hydrogen-bond acceptors (Lipinski definition) is 3. The minimum Gasteiger partial charge on any atom is -0.339 e. The summed E-state index contributed by atoms with van der Waals surface area (Å²) in [4.78, 5) is 14.1. The fourth-order valence-corrected chi connectivity index (χ4v) is 5.08. The van der Waals surface area contributed by atoms with Crippen molar-refractivity contribution < 1.29 is 13.2 Å². The number of hydrogen-bond donors (Lipinski definition) is 1. The van der Waals surface area contributed by atoms with Crippen LogP contribution in [0.1, 0.15) is 37.7 Å². The SMILES string of the molecule is O=C1CC(CNS(=O)(=O)Cc2cccc(Cl)c2)CN1C1CCCC1. The van der Waals surface area contributed by atoms with E-state index in [-0.39, 0.29) is 17.6 Å². The fourth-order valence-electron chi connectivity index (χ4n) is 3.66. The van der Waals surface area contributed by atoms with E-state index in [1.165, 1.54) is 12.8 Å². The van der Waals surface area contributed by atoms with E-state index >= 15 is 0 Å². The molecule has 1 aliphatic carbocycles. The number of halogens is 1. The Morgan fingerprint density at radius 2 is 2.00 bits per heavy atom. The Balaban J connectivity index is 1.52. The molecule has 2 aliphatic rings. The monoisotopic (exact) mass is 370 g/mol. The van der Waals surface area contributed by atoms with Gasteiger partial charge in [0.25, 0.3) is 0 Å². The van der Waals surface area contributed by atoms with Gasteiger partial charge in [-0.05, 0) is 36.5 Å². The molecule has 1 amide bonds. The van der Waals surface area contributed by atoms with Gasteiger partial charge < -0.3 is 4.90 Å². The summed E-state index contributed by atoms with van der Waals surface area (Å²) in [5, 5.41) is 0.524. The predicted molar refractivity (Wildman–Crippen MR) is 94.2 cm³/mol. The van der Waals surface area contributed by atoms with Crippen molar-refractivity contribution in [2.24, 2.45) is 5.92 Å². The number of carbonyl (C=O) groups excluding carboxylic acids is 1. The van der Waals surface area contributed by atoms with Crippen molar-refractivity contribution in [3.8, 4) is 0 Å². The number of amides is 1. The predicted octanol–water partition coefficient (Wildman–Crippen LogP) is 2.55. The van der Waals surface area contributed by atoms with Gasteiger partial charge >= 0.3 is 0 Å². The standard InChI is InChI=1S/C17H23ClN2O3S/c18-15-5-3-4-13(8-15)12-24(22,23)19-10-14-9-17(21)20(11-14)16-6-1-2-7-16/h3-5,8,14,16,19H,1-2,6-7,9-12H2. The third kappa shape index (κ3) is 4.49. The van der Waals surface area contributed by atoms with Crippen molar-refractivity contribution in [3.05, 3.63) is 34.9 Å². The molecule has 2 fully saturated rings. The van der Waals surface area contributed by atoms with Crippen molar-refractivity contribution in [2.45, 2.75) is 43.9 Å². The summed E-state index contributed by atoms with van der Waals surface area (Å²) in [5.74, 6) is 0.133. The quantitative estimate of drug-likeness (QED) is 0.836. The smallest absolute Gasteiger partial charge is 0.223 e. The summed E-state index contributed by atoms with van der Waals surface area (Å²) in [6.07, 6.45) is 4.98. The molecule has 3 rings (SSSR count). The van der Waals surface area contributed by atoms with Crippen molar-refractivity contribution in [1.82, 2.24) is 9.62 Å². The van der Waals surface area contributed by atoms with Crippen LogP contribution >= 0.6 is 11.6 Å². The second-order valence-electron chi connectivity index (χ2n) is 6.79. The summed E-state index contributed by atoms with van der Waals surface area (Å²) in [6.45, 7) is 0.987. The maximum Gasteiger partial charge on any atom is 0.223 e. The third-order valence-electron chi connectivity index (χ3n) is 4.84. The molecule has 0 aromatic heterocycles. The van der Waals surface area contributed by atoms with Gasteiger partial charge in [-0.3, -0.25) is 4.79 Å². The molecule has 5 nitrogen and oxygen atoms in total. The molecule has 1 heterocycles. The van der Waals surface area contributed by atoms with Crippen LogP contribution in [0.4, 0.5) is 0 Å². The summed E-state index contributed by atoms with van der Waals surface area (Å²) < 4.78 is 27.1. The van der Waals surface area contributed by atoms with E-state index < -0.39 is 10.0 Å². The molecule has 132 valence electrons. The number of sulfonamides is 1. The fraction of sp³-hybridized carbons (Fsp3) is 0.588. The second kappa shape index (κ2) is 7.42. The number of rotatable bonds is 6. The Hall–Kier alpha value is -1.11. The Bertz CT molecular complexity index is 702. The van der Waals surface area contributed by atoms with E-state index in [0.29, 0.717) is 36.1 Å². The van der Waals surface area contributed by atoms with Gasteiger partial charge in [-0.1, -0.05) is 36.6 Å². The van der Waals surface area contributed by atoms with Gasteiger partial charge in [-0.25, -0.2) is 13.1 Å². The van der Waals surface area contributed by atoms with E-state index in [0.717, 1.165) is 12.8 Å². The molecular formula is C17H23ClN2O3S. The molecule has 1 saturated carbocycles. The van der Waals surface area contributed by atoms with Crippen LogP contribution in [0.3, 0.4) is 0 Å². The molecule has 0 radical (unpaired) electrons. The van der Waals surface area contributed by atoms with Crippen LogP contribution in [0, 0.1) is 5.92 Å². The summed E-state index contributed by atoms with van der Waals surface area (Å²) >= 11 is 5.89. The van der Waals surface area contributed by atoms with E-state index in [2.05, 4.69) is 4.72 Å². The van der Waals surface area contributed by atoms with E-state index in [9.17, 15) is 13.2 Å². The minimum absolute atomic E-state index is 0.0623. The van der Waals surface area contributed by atoms with E-state index in [1.54, 1.807) is 24.3 Å². The van der Waals surface area contributed by atoms with Crippen LogP contribution in [0.25, 0.3) is 0 Å². The average Bonchev–Trinajstić information content (AvgIpc) is 3.14. The maximum atomic E-state index is 12.2. The molecule has 1 aliphatic heterocycles. The van der Waals surface area contributed by atoms with Crippen LogP contribution in [0.2, 0.25) is 5.02 Å². The highest BCUT2D eigenvalue weighted by atomic mass is 35.5. The molecule has 1 saturated heterocycles. The summed E-state index contributed by atoms with van der Waals surface area (Å²) in [6, 6.07) is 7.22. The van der Waals surface area contributed by atoms with Gasteiger partial charge in [0.15, 0.2) is 0 Å². The van der Waals surface area contributed by atoms with Gasteiger partial charge in [0.2, 0.25) is 15.9 Å². The van der Waals surface area contributed by atoms with Crippen molar-refractivity contribution in [2.75, 3.05) is 13.1 Å². The van der Waals surface area contributed by atoms with Crippen LogP contribution in [-0.4, -0.2) is 38.4 Å². The first-order valence-electron chi connectivity index (χ1n) is 8.44. The molecule has 1 atom stereocenters. The first kappa shape index (κ1) is 17.7. The van der Waals surface area contributed by atoms with Crippen LogP contribution < -0.4 is 4.72 Å². The largest absolute Gasteiger partial charge is 0.339 e. The summed E-state index contributed by atoms with van der Waals surface area (Å²) in [5.41, 5.74) is 0.657. The molecule has 0 spiro atoms. The average molecular weight is 371 g/mol. The van der Waals surface area contributed by atoms with Gasteiger partial charge in [-0.15, -0.1) is 0 Å². The van der Waals surface area contributed by atoms with Crippen LogP contribution in [0.15, 0.2) is 24.3 Å². The summed E-state index contributed by atoms with van der Waals surface area (Å²) in [7, 11) is -3.43. The molecule has 1 unspecified atom stereocenters. The Morgan fingerprint density at radius 1 is 1.25 bits per heavy atom. The topological polar surface area (TPSA) is 66.5 Å². The Kier molecular flexibility index (Phi) is 5.47. The zero-order valence-corrected chi connectivity index (χ0v) is 15.2. The van der Waals surface area contributed by atoms with E-state index in [1.807, 2.05) is 4.90 Å². The zero-order chi connectivity index (χ0) is 17.2. The lowest BCUT2D eigenvalue weighted by Gasteiger charge is -2.24. The Labute approximate surface area is 148 Å². The van der Waals surface area contributed by atoms with Crippen LogP contribution in [-0.2, 0) is 20.6 Å². The van der Waals surface area contributed by atoms with Gasteiger partial charge in [0, 0.05) is 30.6 Å². The highest BCUT2D eigenvalue weighted by Crippen LogP contribution is 2.29. The number of nitrogens with zero attached hydrogens (tertiary/aromatic N) is 1. The lowest BCUT2D eigenvalue weighted by molar-refractivity contribution is -0.129. The minimum atomic E-state index is -3.43. The van der Waals surface area contributed by atoms with E-state index in [4.69, 9.17) is 11.6 Å². The number of likely N-dealkylation sites (tertiary alicyclic amines) is 1. The van der Waals surface area contributed by atoms with Gasteiger partial charge in [0.05, 0.1) is 5.75 Å². The normalized spacial score (nSPS) is 22.5. The number of benzene rings is 1. The molecule has 0 bridgehead atoms. The zero-order valence-electron chi connectivity index (χ0n) is 13.6. The van der Waals surface area contributed by atoms with Crippen molar-refractivity contribution in [1.29, 1.82) is 0 Å². The van der Waals surface area contributed by atoms with Gasteiger partial charge in [0.1, 0.15) is 0 Å². The lowest BCUT2D eigenvalue weighted by atomic mass is 10.1.